The number of rotatable bonds is 8. The fourth-order valence-electron chi connectivity index (χ4n) is 1.63. The quantitative estimate of drug-likeness (QED) is 0.739. The van der Waals surface area contributed by atoms with Crippen molar-refractivity contribution in [2.45, 2.75) is 19.1 Å². The van der Waals surface area contributed by atoms with E-state index in [4.69, 9.17) is 14.2 Å². The van der Waals surface area contributed by atoms with E-state index in [9.17, 15) is 9.59 Å². The first-order valence-corrected chi connectivity index (χ1v) is 7.86. The van der Waals surface area contributed by atoms with Crippen LogP contribution in [0.15, 0.2) is 18.2 Å². The summed E-state index contributed by atoms with van der Waals surface area (Å²) in [5.74, 6) is 0.756. The predicted molar refractivity (Wildman–Crippen MR) is 86.7 cm³/mol. The lowest BCUT2D eigenvalue weighted by Crippen LogP contribution is -2.24. The lowest BCUT2D eigenvalue weighted by molar-refractivity contribution is -0.139. The zero-order valence-corrected chi connectivity index (χ0v) is 14.0. The van der Waals surface area contributed by atoms with Gasteiger partial charge >= 0.3 is 5.97 Å². The van der Waals surface area contributed by atoms with Gasteiger partial charge < -0.3 is 19.5 Å². The van der Waals surface area contributed by atoms with E-state index < -0.39 is 0 Å². The van der Waals surface area contributed by atoms with E-state index in [1.165, 1.54) is 18.9 Å². The molecule has 1 aromatic carbocycles. The normalized spacial score (nSPS) is 11.5. The number of benzene rings is 1. The first kappa shape index (κ1) is 18.2. The topological polar surface area (TPSA) is 73.9 Å². The maximum atomic E-state index is 12.1. The highest BCUT2D eigenvalue weighted by molar-refractivity contribution is 8.01. The molecule has 0 saturated carbocycles. The first-order chi connectivity index (χ1) is 10.5. The summed E-state index contributed by atoms with van der Waals surface area (Å²) in [6, 6.07) is 5.12. The maximum Gasteiger partial charge on any atom is 0.315 e. The predicted octanol–water partition coefficient (Wildman–Crippen LogP) is 2.33. The van der Waals surface area contributed by atoms with Gasteiger partial charge in [-0.05, 0) is 26.0 Å². The molecule has 0 aliphatic carbocycles. The van der Waals surface area contributed by atoms with Crippen LogP contribution in [-0.2, 0) is 14.3 Å². The lowest BCUT2D eigenvalue weighted by atomic mass is 10.2. The van der Waals surface area contributed by atoms with Crippen molar-refractivity contribution < 1.29 is 23.8 Å². The van der Waals surface area contributed by atoms with Crippen LogP contribution in [0.2, 0.25) is 0 Å². The molecule has 0 unspecified atom stereocenters. The van der Waals surface area contributed by atoms with E-state index in [0.29, 0.717) is 23.8 Å². The minimum atomic E-state index is -0.377. The average Bonchev–Trinajstić information content (AvgIpc) is 2.52. The molecule has 7 heteroatoms. The number of hydrogen-bond donors (Lipinski definition) is 1. The Morgan fingerprint density at radius 2 is 1.91 bits per heavy atom. The second-order valence-electron chi connectivity index (χ2n) is 4.32. The van der Waals surface area contributed by atoms with Crippen molar-refractivity contribution in [3.63, 3.8) is 0 Å². The molecule has 0 radical (unpaired) electrons. The molecule has 122 valence electrons. The van der Waals surface area contributed by atoms with Gasteiger partial charge in [0.15, 0.2) is 11.5 Å². The van der Waals surface area contributed by atoms with Gasteiger partial charge in [-0.3, -0.25) is 9.59 Å². The summed E-state index contributed by atoms with van der Waals surface area (Å²) in [5.41, 5.74) is 0.603. The Morgan fingerprint density at radius 1 is 1.23 bits per heavy atom. The molecule has 0 bridgehead atoms. The van der Waals surface area contributed by atoms with Crippen LogP contribution in [0.1, 0.15) is 13.8 Å². The number of ether oxygens (including phenoxy) is 3. The van der Waals surface area contributed by atoms with Crippen molar-refractivity contribution in [2.75, 3.05) is 31.9 Å². The molecular weight excluding hydrogens is 306 g/mol. The van der Waals surface area contributed by atoms with E-state index >= 15 is 0 Å². The Labute approximate surface area is 134 Å². The minimum absolute atomic E-state index is 0.147. The molecule has 0 aromatic heterocycles. The minimum Gasteiger partial charge on any atom is -0.493 e. The third-order valence-corrected chi connectivity index (χ3v) is 3.89. The Bertz CT molecular complexity index is 521. The molecule has 1 aromatic rings. The monoisotopic (exact) mass is 327 g/mol. The fraction of sp³-hybridized carbons (Fsp3) is 0.467. The van der Waals surface area contributed by atoms with Gasteiger partial charge in [-0.25, -0.2) is 0 Å². The van der Waals surface area contributed by atoms with E-state index in [1.54, 1.807) is 39.2 Å². The summed E-state index contributed by atoms with van der Waals surface area (Å²) in [4.78, 5) is 23.4. The Balaban J connectivity index is 2.58. The van der Waals surface area contributed by atoms with Gasteiger partial charge in [0.1, 0.15) is 0 Å². The molecular formula is C15H21NO5S. The molecule has 1 N–H and O–H groups in total. The third kappa shape index (κ3) is 5.48. The fourth-order valence-corrected chi connectivity index (χ4v) is 2.31. The number of esters is 1. The Kier molecular flexibility index (Phi) is 7.59. The molecule has 0 aliphatic rings. The Morgan fingerprint density at radius 3 is 2.50 bits per heavy atom. The van der Waals surface area contributed by atoms with Crippen LogP contribution in [0, 0.1) is 0 Å². The number of amides is 1. The van der Waals surface area contributed by atoms with Crippen LogP contribution >= 0.6 is 11.8 Å². The van der Waals surface area contributed by atoms with Crippen molar-refractivity contribution in [1.29, 1.82) is 0 Å². The van der Waals surface area contributed by atoms with E-state index in [-0.39, 0.29) is 22.9 Å². The largest absolute Gasteiger partial charge is 0.493 e. The van der Waals surface area contributed by atoms with Crippen molar-refractivity contribution in [1.82, 2.24) is 0 Å². The molecule has 0 fully saturated rings. The first-order valence-electron chi connectivity index (χ1n) is 6.81. The number of nitrogens with one attached hydrogen (secondary N) is 1. The van der Waals surface area contributed by atoms with Crippen molar-refractivity contribution in [2.24, 2.45) is 0 Å². The molecule has 0 spiro atoms. The lowest BCUT2D eigenvalue weighted by Gasteiger charge is -2.13. The van der Waals surface area contributed by atoms with Gasteiger partial charge in [0.2, 0.25) is 5.91 Å². The van der Waals surface area contributed by atoms with Crippen LogP contribution in [-0.4, -0.2) is 43.7 Å². The number of carbonyl (C=O) groups excluding carboxylic acids is 2. The highest BCUT2D eigenvalue weighted by Crippen LogP contribution is 2.30. The van der Waals surface area contributed by atoms with Gasteiger partial charge in [-0.2, -0.15) is 0 Å². The number of hydrogen-bond acceptors (Lipinski definition) is 6. The zero-order chi connectivity index (χ0) is 16.5. The summed E-state index contributed by atoms with van der Waals surface area (Å²) >= 11 is 1.23. The van der Waals surface area contributed by atoms with Gasteiger partial charge in [-0.1, -0.05) is 0 Å². The highest BCUT2D eigenvalue weighted by Gasteiger charge is 2.16. The van der Waals surface area contributed by atoms with Crippen LogP contribution < -0.4 is 14.8 Å². The van der Waals surface area contributed by atoms with Gasteiger partial charge in [0.25, 0.3) is 0 Å². The number of anilines is 1. The molecule has 0 heterocycles. The molecule has 1 atom stereocenters. The van der Waals surface area contributed by atoms with Crippen LogP contribution in [0.5, 0.6) is 11.5 Å². The van der Waals surface area contributed by atoms with E-state index in [1.807, 2.05) is 0 Å². The number of carbonyl (C=O) groups is 2. The molecule has 0 saturated heterocycles. The molecule has 1 amide bonds. The second-order valence-corrected chi connectivity index (χ2v) is 5.65. The van der Waals surface area contributed by atoms with Crippen LogP contribution in [0.25, 0.3) is 0 Å². The summed E-state index contributed by atoms with van der Waals surface area (Å²) < 4.78 is 15.1. The number of thioether (sulfide) groups is 1. The summed E-state index contributed by atoms with van der Waals surface area (Å²) in [7, 11) is 3.07. The van der Waals surface area contributed by atoms with E-state index in [2.05, 4.69) is 5.32 Å². The molecule has 6 nitrogen and oxygen atoms in total. The van der Waals surface area contributed by atoms with Gasteiger partial charge in [0, 0.05) is 11.8 Å². The van der Waals surface area contributed by atoms with E-state index in [0.717, 1.165) is 0 Å². The SMILES string of the molecule is CCOC(=O)CS[C@H](C)C(=O)Nc1ccc(OC)c(OC)c1. The summed E-state index contributed by atoms with van der Waals surface area (Å²) in [5, 5.41) is 2.40. The molecule has 0 aliphatic heterocycles. The average molecular weight is 327 g/mol. The standard InChI is InChI=1S/C15H21NO5S/c1-5-21-14(17)9-22-10(2)15(18)16-11-6-7-12(19-3)13(8-11)20-4/h6-8,10H,5,9H2,1-4H3,(H,16,18)/t10-/m1/s1. The smallest absolute Gasteiger partial charge is 0.315 e. The summed E-state index contributed by atoms with van der Waals surface area (Å²) in [6.07, 6.45) is 0. The zero-order valence-electron chi connectivity index (χ0n) is 13.2. The maximum absolute atomic E-state index is 12.1. The second kappa shape index (κ2) is 9.19. The van der Waals surface area contributed by atoms with Crippen molar-refractivity contribution >= 4 is 29.3 Å². The van der Waals surface area contributed by atoms with Crippen molar-refractivity contribution in [3.8, 4) is 11.5 Å². The molecule has 1 rings (SSSR count). The Hall–Kier alpha value is -1.89. The highest BCUT2D eigenvalue weighted by atomic mass is 32.2. The van der Waals surface area contributed by atoms with Crippen LogP contribution in [0.4, 0.5) is 5.69 Å². The van der Waals surface area contributed by atoms with Gasteiger partial charge in [0.05, 0.1) is 31.8 Å². The van der Waals surface area contributed by atoms with Crippen molar-refractivity contribution in [3.05, 3.63) is 18.2 Å². The number of methoxy groups -OCH3 is 2. The van der Waals surface area contributed by atoms with Gasteiger partial charge in [-0.15, -0.1) is 11.8 Å². The molecule has 22 heavy (non-hydrogen) atoms. The third-order valence-electron chi connectivity index (χ3n) is 2.78. The summed E-state index contributed by atoms with van der Waals surface area (Å²) in [6.45, 7) is 3.82. The van der Waals surface area contributed by atoms with Crippen LogP contribution in [0.3, 0.4) is 0 Å².